The molecule has 0 nitrogen and oxygen atoms in total. The molecule has 6 atom stereocenters. The summed E-state index contributed by atoms with van der Waals surface area (Å²) in [5.74, 6) is 1.26. The summed E-state index contributed by atoms with van der Waals surface area (Å²) in [4.78, 5) is -2.44. The minimum atomic E-state index is -0.821. The first-order valence-corrected chi connectivity index (χ1v) is 8.54. The Morgan fingerprint density at radius 1 is 1.00 bits per heavy atom. The third-order valence-electron chi connectivity index (χ3n) is 5.85. The van der Waals surface area contributed by atoms with Crippen LogP contribution >= 0.6 is 58.0 Å². The Morgan fingerprint density at radius 2 is 1.42 bits per heavy atom. The summed E-state index contributed by atoms with van der Waals surface area (Å²) in [6.45, 7) is 2.01. The molecule has 4 aliphatic rings. The Morgan fingerprint density at radius 3 is 1.79 bits per heavy atom. The van der Waals surface area contributed by atoms with Crippen LogP contribution in [0.3, 0.4) is 0 Å². The van der Waals surface area contributed by atoms with Crippen molar-refractivity contribution < 1.29 is 0 Å². The molecule has 6 unspecified atom stereocenters. The number of alkyl halides is 3. The second-order valence-electron chi connectivity index (χ2n) is 6.21. The first-order valence-electron chi connectivity index (χ1n) is 6.65. The van der Waals surface area contributed by atoms with Crippen molar-refractivity contribution in [1.29, 1.82) is 0 Å². The van der Waals surface area contributed by atoms with Crippen LogP contribution in [0.4, 0.5) is 0 Å². The van der Waals surface area contributed by atoms with Crippen LogP contribution in [0.2, 0.25) is 0 Å². The van der Waals surface area contributed by atoms with Gasteiger partial charge >= 0.3 is 0 Å². The van der Waals surface area contributed by atoms with E-state index >= 15 is 0 Å². The van der Waals surface area contributed by atoms with E-state index in [0.29, 0.717) is 28.3 Å². The minimum Gasteiger partial charge on any atom is -0.115 e. The maximum atomic E-state index is 7.01. The Bertz CT molecular complexity index is 498. The second kappa shape index (κ2) is 3.63. The van der Waals surface area contributed by atoms with E-state index in [1.54, 1.807) is 0 Å². The van der Waals surface area contributed by atoms with Crippen LogP contribution in [-0.4, -0.2) is 14.6 Å². The third-order valence-corrected chi connectivity index (χ3v) is 9.70. The molecule has 2 saturated carbocycles. The van der Waals surface area contributed by atoms with Crippen molar-refractivity contribution in [1.82, 2.24) is 0 Å². The standard InChI is InChI=1S/C14H13Cl5/c1-2-12(17)13(18)8-6-3-4-7(5-6)9(8)14(12,19)11(16)10(13)15/h3-4,6-9H,2,5H2,1H3. The molecular weight excluding hydrogens is 345 g/mol. The highest BCUT2D eigenvalue weighted by atomic mass is 35.5. The smallest absolute Gasteiger partial charge is 0.106 e. The van der Waals surface area contributed by atoms with Gasteiger partial charge in [0.15, 0.2) is 0 Å². The predicted octanol–water partition coefficient (Wildman–Crippen LogP) is 5.48. The van der Waals surface area contributed by atoms with Crippen LogP contribution in [-0.2, 0) is 0 Å². The molecular formula is C14H13Cl5. The molecule has 0 spiro atoms. The number of fused-ring (bicyclic) bond motifs is 9. The summed E-state index contributed by atoms with van der Waals surface area (Å²) in [7, 11) is 0. The van der Waals surface area contributed by atoms with E-state index in [-0.39, 0.29) is 11.8 Å². The van der Waals surface area contributed by atoms with Crippen LogP contribution in [0.1, 0.15) is 19.8 Å². The Hall–Kier alpha value is 0.930. The van der Waals surface area contributed by atoms with Gasteiger partial charge in [0.25, 0.3) is 0 Å². The van der Waals surface area contributed by atoms with Crippen molar-refractivity contribution in [3.05, 3.63) is 22.2 Å². The first-order chi connectivity index (χ1) is 8.84. The fourth-order valence-electron chi connectivity index (χ4n) is 5.17. The van der Waals surface area contributed by atoms with Gasteiger partial charge < -0.3 is 0 Å². The maximum Gasteiger partial charge on any atom is 0.106 e. The number of hydrogen-bond donors (Lipinski definition) is 0. The molecule has 0 aromatic rings. The lowest BCUT2D eigenvalue weighted by Crippen LogP contribution is -2.50. The van der Waals surface area contributed by atoms with Gasteiger partial charge in [-0.15, -0.1) is 34.8 Å². The monoisotopic (exact) mass is 356 g/mol. The summed E-state index contributed by atoms with van der Waals surface area (Å²) in [6, 6.07) is 0. The summed E-state index contributed by atoms with van der Waals surface area (Å²) < 4.78 is 0. The second-order valence-corrected chi connectivity index (χ2v) is 8.80. The Balaban J connectivity index is 2.02. The van der Waals surface area contributed by atoms with Crippen molar-refractivity contribution in [2.45, 2.75) is 34.4 Å². The molecule has 0 heterocycles. The highest BCUT2D eigenvalue weighted by Crippen LogP contribution is 2.81. The van der Waals surface area contributed by atoms with Gasteiger partial charge in [0.1, 0.15) is 9.75 Å². The van der Waals surface area contributed by atoms with E-state index in [1.807, 2.05) is 6.92 Å². The van der Waals surface area contributed by atoms with Crippen LogP contribution in [0, 0.1) is 23.7 Å². The van der Waals surface area contributed by atoms with E-state index < -0.39 is 14.6 Å². The topological polar surface area (TPSA) is 0 Å². The highest BCUT2D eigenvalue weighted by Gasteiger charge is 2.84. The van der Waals surface area contributed by atoms with Crippen LogP contribution in [0.5, 0.6) is 0 Å². The summed E-state index contributed by atoms with van der Waals surface area (Å²) in [5, 5.41) is 0.953. The molecule has 0 aliphatic heterocycles. The highest BCUT2D eigenvalue weighted by molar-refractivity contribution is 6.56. The fraction of sp³-hybridized carbons (Fsp3) is 0.714. The van der Waals surface area contributed by atoms with E-state index in [4.69, 9.17) is 58.0 Å². The van der Waals surface area contributed by atoms with Gasteiger partial charge in [0.05, 0.1) is 14.9 Å². The van der Waals surface area contributed by atoms with Gasteiger partial charge in [-0.2, -0.15) is 0 Å². The van der Waals surface area contributed by atoms with Gasteiger partial charge in [0, 0.05) is 0 Å². The molecule has 4 rings (SSSR count). The number of halogens is 5. The van der Waals surface area contributed by atoms with Crippen molar-refractivity contribution in [3.63, 3.8) is 0 Å². The van der Waals surface area contributed by atoms with Gasteiger partial charge in [-0.3, -0.25) is 0 Å². The molecule has 104 valence electrons. The normalized spacial score (nSPS) is 61.4. The number of rotatable bonds is 1. The molecule has 0 aromatic heterocycles. The van der Waals surface area contributed by atoms with Crippen molar-refractivity contribution in [2.24, 2.45) is 23.7 Å². The van der Waals surface area contributed by atoms with E-state index in [9.17, 15) is 0 Å². The quantitative estimate of drug-likeness (QED) is 0.331. The molecule has 0 N–H and O–H groups in total. The van der Waals surface area contributed by atoms with E-state index in [0.717, 1.165) is 6.42 Å². The summed E-state index contributed by atoms with van der Waals surface area (Å²) in [5.41, 5.74) is 0. The number of hydrogen-bond acceptors (Lipinski definition) is 0. The molecule has 5 heteroatoms. The van der Waals surface area contributed by atoms with Crippen molar-refractivity contribution in [3.8, 4) is 0 Å². The Labute approximate surface area is 138 Å². The zero-order valence-electron chi connectivity index (χ0n) is 10.3. The summed E-state index contributed by atoms with van der Waals surface area (Å²) in [6.07, 6.45) is 6.26. The number of allylic oxidation sites excluding steroid dienone is 4. The zero-order chi connectivity index (χ0) is 13.8. The van der Waals surface area contributed by atoms with Gasteiger partial charge in [-0.05, 0) is 36.5 Å². The molecule has 19 heavy (non-hydrogen) atoms. The minimum absolute atomic E-state index is 0.203. The van der Waals surface area contributed by atoms with E-state index in [1.165, 1.54) is 0 Å². The average molecular weight is 359 g/mol. The van der Waals surface area contributed by atoms with Crippen LogP contribution in [0.15, 0.2) is 22.2 Å². The van der Waals surface area contributed by atoms with Gasteiger partial charge in [0.2, 0.25) is 0 Å². The molecule has 0 amide bonds. The first kappa shape index (κ1) is 13.6. The lowest BCUT2D eigenvalue weighted by molar-refractivity contribution is 0.305. The molecule has 4 aliphatic carbocycles. The van der Waals surface area contributed by atoms with Gasteiger partial charge in [-0.1, -0.05) is 42.3 Å². The molecule has 4 bridgehead atoms. The summed E-state index contributed by atoms with van der Waals surface area (Å²) >= 11 is 33.9. The van der Waals surface area contributed by atoms with Crippen LogP contribution < -0.4 is 0 Å². The zero-order valence-corrected chi connectivity index (χ0v) is 14.0. The lowest BCUT2D eigenvalue weighted by atomic mass is 9.75. The molecule has 0 aromatic carbocycles. The maximum absolute atomic E-state index is 7.01. The van der Waals surface area contributed by atoms with Crippen LogP contribution in [0.25, 0.3) is 0 Å². The largest absolute Gasteiger partial charge is 0.115 e. The third kappa shape index (κ3) is 1.08. The van der Waals surface area contributed by atoms with Crippen molar-refractivity contribution in [2.75, 3.05) is 0 Å². The molecule has 2 fully saturated rings. The molecule has 0 saturated heterocycles. The van der Waals surface area contributed by atoms with Gasteiger partial charge in [-0.25, -0.2) is 0 Å². The Kier molecular flexibility index (Phi) is 2.60. The molecule has 0 radical (unpaired) electrons. The SMILES string of the molecule is CCC1(Cl)C2(Cl)C(Cl)=C(Cl)C1(Cl)C1C3C=CC(C3)C12. The van der Waals surface area contributed by atoms with E-state index in [2.05, 4.69) is 12.2 Å². The average Bonchev–Trinajstić information content (AvgIpc) is 3.07. The lowest BCUT2D eigenvalue weighted by Gasteiger charge is -2.39. The fourth-order valence-corrected chi connectivity index (χ4v) is 8.08. The predicted molar refractivity (Wildman–Crippen MR) is 82.5 cm³/mol. The van der Waals surface area contributed by atoms with Crippen molar-refractivity contribution >= 4 is 58.0 Å².